The summed E-state index contributed by atoms with van der Waals surface area (Å²) in [4.78, 5) is 2.36. The molecule has 0 spiro atoms. The van der Waals surface area contributed by atoms with Crippen LogP contribution in [0.1, 0.15) is 12.8 Å². The average Bonchev–Trinajstić information content (AvgIpc) is 2.46. The predicted octanol–water partition coefficient (Wildman–Crippen LogP) is 0.898. The van der Waals surface area contributed by atoms with Crippen molar-refractivity contribution in [2.75, 3.05) is 39.5 Å². The summed E-state index contributed by atoms with van der Waals surface area (Å²) in [7, 11) is 0.0240. The van der Waals surface area contributed by atoms with Gasteiger partial charge in [-0.2, -0.15) is 0 Å². The Hall–Kier alpha value is -1.31. The maximum Gasteiger partial charge on any atom is 0.242 e. The lowest BCUT2D eigenvalue weighted by Crippen LogP contribution is -2.37. The first kappa shape index (κ1) is 16.1. The molecule has 1 aromatic carbocycles. The zero-order valence-electron chi connectivity index (χ0n) is 12.5. The van der Waals surface area contributed by atoms with Gasteiger partial charge in [0.05, 0.1) is 12.8 Å². The number of nitrogens with two attached hydrogens (primary N) is 1. The molecule has 2 rings (SSSR count). The first-order valence-electron chi connectivity index (χ1n) is 7.04. The fraction of sp³-hybridized carbons (Fsp3) is 0.571. The maximum absolute atomic E-state index is 12.3. The molecule has 7 heteroatoms. The number of sulfonamides is 1. The number of piperidine rings is 1. The highest BCUT2D eigenvalue weighted by molar-refractivity contribution is 7.89. The number of rotatable bonds is 5. The SMILES string of the molecule is COc1ccc(S(=O)(=O)NCC2CCN(C)CC2)c(N)c1. The van der Waals surface area contributed by atoms with Crippen LogP contribution in [-0.4, -0.2) is 47.1 Å². The summed E-state index contributed by atoms with van der Waals surface area (Å²) in [6, 6.07) is 4.59. The highest BCUT2D eigenvalue weighted by Crippen LogP contribution is 2.24. The zero-order chi connectivity index (χ0) is 15.5. The lowest BCUT2D eigenvalue weighted by Gasteiger charge is -2.28. The summed E-state index contributed by atoms with van der Waals surface area (Å²) in [5.74, 6) is 0.928. The number of nitrogens with one attached hydrogen (secondary N) is 1. The molecule has 21 heavy (non-hydrogen) atoms. The molecule has 0 atom stereocenters. The van der Waals surface area contributed by atoms with E-state index in [1.54, 1.807) is 6.07 Å². The van der Waals surface area contributed by atoms with Gasteiger partial charge in [0.1, 0.15) is 10.6 Å². The van der Waals surface area contributed by atoms with E-state index in [0.717, 1.165) is 25.9 Å². The Bertz CT molecular complexity index is 581. The molecule has 1 aliphatic heterocycles. The Morgan fingerprint density at radius 2 is 2.05 bits per heavy atom. The topological polar surface area (TPSA) is 84.7 Å². The van der Waals surface area contributed by atoms with Gasteiger partial charge in [-0.05, 0) is 51.0 Å². The molecule has 0 amide bonds. The van der Waals surface area contributed by atoms with Crippen molar-refractivity contribution in [1.29, 1.82) is 0 Å². The standard InChI is InChI=1S/C14H23N3O3S/c1-17-7-5-11(6-8-17)10-16-21(18,19)14-4-3-12(20-2)9-13(14)15/h3-4,9,11,16H,5-8,10,15H2,1-2H3. The van der Waals surface area contributed by atoms with Crippen molar-refractivity contribution in [2.45, 2.75) is 17.7 Å². The molecule has 118 valence electrons. The molecule has 0 unspecified atom stereocenters. The van der Waals surface area contributed by atoms with Crippen LogP contribution in [0.25, 0.3) is 0 Å². The third kappa shape index (κ3) is 4.09. The van der Waals surface area contributed by atoms with Crippen LogP contribution in [0.3, 0.4) is 0 Å². The van der Waals surface area contributed by atoms with Crippen molar-refractivity contribution in [1.82, 2.24) is 9.62 Å². The minimum Gasteiger partial charge on any atom is -0.497 e. The Morgan fingerprint density at radius 1 is 1.38 bits per heavy atom. The van der Waals surface area contributed by atoms with Gasteiger partial charge in [0, 0.05) is 12.6 Å². The number of nitrogens with zero attached hydrogens (tertiary/aromatic N) is 1. The number of hydrogen-bond donors (Lipinski definition) is 2. The second-order valence-electron chi connectivity index (χ2n) is 5.50. The number of anilines is 1. The molecule has 0 saturated carbocycles. The first-order chi connectivity index (χ1) is 9.92. The van der Waals surface area contributed by atoms with Crippen LogP contribution in [0.4, 0.5) is 5.69 Å². The van der Waals surface area contributed by atoms with E-state index in [1.807, 2.05) is 0 Å². The molecule has 0 radical (unpaired) electrons. The van der Waals surface area contributed by atoms with Crippen LogP contribution in [0.5, 0.6) is 5.75 Å². The van der Waals surface area contributed by atoms with Gasteiger partial charge >= 0.3 is 0 Å². The zero-order valence-corrected chi connectivity index (χ0v) is 13.3. The minimum absolute atomic E-state index is 0.108. The maximum atomic E-state index is 12.3. The van der Waals surface area contributed by atoms with Gasteiger partial charge < -0.3 is 15.4 Å². The number of ether oxygens (including phenoxy) is 1. The number of hydrogen-bond acceptors (Lipinski definition) is 5. The Labute approximate surface area is 126 Å². The van der Waals surface area contributed by atoms with E-state index >= 15 is 0 Å². The van der Waals surface area contributed by atoms with Crippen LogP contribution >= 0.6 is 0 Å². The number of benzene rings is 1. The average molecular weight is 313 g/mol. The molecule has 1 heterocycles. The van der Waals surface area contributed by atoms with Crippen LogP contribution in [0, 0.1) is 5.92 Å². The van der Waals surface area contributed by atoms with Crippen molar-refractivity contribution in [3.63, 3.8) is 0 Å². The Morgan fingerprint density at radius 3 is 2.62 bits per heavy atom. The summed E-state index contributed by atoms with van der Waals surface area (Å²) in [6.07, 6.45) is 2.02. The molecule has 0 aliphatic carbocycles. The number of likely N-dealkylation sites (tertiary alicyclic amines) is 1. The van der Waals surface area contributed by atoms with Gasteiger partial charge in [0.15, 0.2) is 0 Å². The van der Waals surface area contributed by atoms with Gasteiger partial charge in [-0.15, -0.1) is 0 Å². The highest BCUT2D eigenvalue weighted by atomic mass is 32.2. The number of methoxy groups -OCH3 is 1. The van der Waals surface area contributed by atoms with Gasteiger partial charge in [0.2, 0.25) is 10.0 Å². The lowest BCUT2D eigenvalue weighted by atomic mass is 9.98. The van der Waals surface area contributed by atoms with Crippen molar-refractivity contribution in [3.05, 3.63) is 18.2 Å². The van der Waals surface area contributed by atoms with E-state index in [0.29, 0.717) is 18.2 Å². The third-order valence-corrected chi connectivity index (χ3v) is 5.40. The summed E-state index contributed by atoms with van der Waals surface area (Å²) in [6.45, 7) is 2.48. The molecular weight excluding hydrogens is 290 g/mol. The van der Waals surface area contributed by atoms with Gasteiger partial charge in [-0.1, -0.05) is 0 Å². The normalized spacial score (nSPS) is 17.8. The highest BCUT2D eigenvalue weighted by Gasteiger charge is 2.22. The van der Waals surface area contributed by atoms with Crippen molar-refractivity contribution >= 4 is 15.7 Å². The summed E-state index contributed by atoms with van der Waals surface area (Å²) >= 11 is 0. The van der Waals surface area contributed by atoms with Crippen molar-refractivity contribution < 1.29 is 13.2 Å². The lowest BCUT2D eigenvalue weighted by molar-refractivity contribution is 0.220. The van der Waals surface area contributed by atoms with E-state index in [1.165, 1.54) is 19.2 Å². The minimum atomic E-state index is -3.57. The largest absolute Gasteiger partial charge is 0.497 e. The van der Waals surface area contributed by atoms with Crippen LogP contribution < -0.4 is 15.2 Å². The molecule has 6 nitrogen and oxygen atoms in total. The quantitative estimate of drug-likeness (QED) is 0.789. The van der Waals surface area contributed by atoms with Crippen LogP contribution in [0.2, 0.25) is 0 Å². The molecule has 0 bridgehead atoms. The van der Waals surface area contributed by atoms with E-state index in [9.17, 15) is 8.42 Å². The predicted molar refractivity (Wildman–Crippen MR) is 82.8 cm³/mol. The smallest absolute Gasteiger partial charge is 0.242 e. The molecule has 1 aliphatic rings. The summed E-state index contributed by atoms with van der Waals surface area (Å²) in [5.41, 5.74) is 6.00. The molecule has 3 N–H and O–H groups in total. The van der Waals surface area contributed by atoms with Gasteiger partial charge in [-0.3, -0.25) is 0 Å². The van der Waals surface area contributed by atoms with E-state index in [4.69, 9.17) is 10.5 Å². The molecule has 0 aromatic heterocycles. The molecular formula is C14H23N3O3S. The summed E-state index contributed by atoms with van der Waals surface area (Å²) < 4.78 is 32.3. The Balaban J connectivity index is 2.01. The van der Waals surface area contributed by atoms with E-state index < -0.39 is 10.0 Å². The monoisotopic (exact) mass is 313 g/mol. The van der Waals surface area contributed by atoms with Crippen LogP contribution in [0.15, 0.2) is 23.1 Å². The molecule has 1 saturated heterocycles. The fourth-order valence-electron chi connectivity index (χ4n) is 2.47. The number of nitrogen functional groups attached to an aromatic ring is 1. The molecule has 1 fully saturated rings. The van der Waals surface area contributed by atoms with Gasteiger partial charge in [0.25, 0.3) is 0 Å². The van der Waals surface area contributed by atoms with Gasteiger partial charge in [-0.25, -0.2) is 13.1 Å². The first-order valence-corrected chi connectivity index (χ1v) is 8.52. The third-order valence-electron chi connectivity index (χ3n) is 3.91. The van der Waals surface area contributed by atoms with Crippen molar-refractivity contribution in [3.8, 4) is 5.75 Å². The second-order valence-corrected chi connectivity index (χ2v) is 7.24. The van der Waals surface area contributed by atoms with Crippen LogP contribution in [-0.2, 0) is 10.0 Å². The second kappa shape index (κ2) is 6.64. The fourth-order valence-corrected chi connectivity index (χ4v) is 3.70. The summed E-state index contributed by atoms with van der Waals surface area (Å²) in [5, 5.41) is 0. The molecule has 1 aromatic rings. The van der Waals surface area contributed by atoms with Crippen molar-refractivity contribution in [2.24, 2.45) is 5.92 Å². The van der Waals surface area contributed by atoms with E-state index in [2.05, 4.69) is 16.7 Å². The Kier molecular flexibility index (Phi) is 5.08. The van der Waals surface area contributed by atoms with E-state index in [-0.39, 0.29) is 10.6 Å².